The number of hydrogen-bond acceptors (Lipinski definition) is 8. The van der Waals surface area contributed by atoms with E-state index < -0.39 is 37.6 Å². The SMILES string of the molecule is CCCc1ccnc(C)c1.O=[N+]([O-])c1cc([N+](=O)[O-])c(O)c([N+](=O)[O-])c1. The Morgan fingerprint density at radius 2 is 1.54 bits per heavy atom. The first-order valence-electron chi connectivity index (χ1n) is 7.39. The van der Waals surface area contributed by atoms with E-state index in [0.29, 0.717) is 12.1 Å². The third kappa shape index (κ3) is 5.47. The number of pyridine rings is 1. The van der Waals surface area contributed by atoms with Gasteiger partial charge in [0.25, 0.3) is 11.4 Å². The number of benzene rings is 1. The molecule has 0 radical (unpaired) electrons. The molecule has 0 saturated heterocycles. The van der Waals surface area contributed by atoms with Crippen molar-refractivity contribution in [2.75, 3.05) is 0 Å². The molecule has 0 unspecified atom stereocenters. The highest BCUT2D eigenvalue weighted by Gasteiger charge is 2.30. The maximum Gasteiger partial charge on any atom is 0.324 e. The number of aryl methyl sites for hydroxylation is 2. The van der Waals surface area contributed by atoms with Gasteiger partial charge in [0.2, 0.25) is 0 Å². The van der Waals surface area contributed by atoms with Crippen LogP contribution in [0.25, 0.3) is 0 Å². The highest BCUT2D eigenvalue weighted by atomic mass is 16.6. The molecule has 0 aliphatic carbocycles. The second-order valence-corrected chi connectivity index (χ2v) is 5.16. The van der Waals surface area contributed by atoms with Crippen LogP contribution in [-0.4, -0.2) is 24.9 Å². The molecule has 1 N–H and O–H groups in total. The van der Waals surface area contributed by atoms with Gasteiger partial charge in [0.15, 0.2) is 0 Å². The van der Waals surface area contributed by atoms with Gasteiger partial charge in [0.05, 0.1) is 26.9 Å². The molecule has 2 aromatic rings. The highest BCUT2D eigenvalue weighted by molar-refractivity contribution is 5.64. The Bertz CT molecular complexity index is 803. The quantitative estimate of drug-likeness (QED) is 0.622. The molecule has 0 aliphatic heterocycles. The summed E-state index contributed by atoms with van der Waals surface area (Å²) < 4.78 is 0. The number of nitro benzene ring substituents is 3. The van der Waals surface area contributed by atoms with Crippen molar-refractivity contribution in [3.05, 3.63) is 72.1 Å². The fourth-order valence-electron chi connectivity index (χ4n) is 2.02. The molecule has 138 valence electrons. The molecule has 0 saturated carbocycles. The summed E-state index contributed by atoms with van der Waals surface area (Å²) in [7, 11) is 0. The van der Waals surface area contributed by atoms with Gasteiger partial charge in [-0.3, -0.25) is 35.3 Å². The maximum absolute atomic E-state index is 10.4. The summed E-state index contributed by atoms with van der Waals surface area (Å²) in [4.78, 5) is 31.9. The van der Waals surface area contributed by atoms with Gasteiger partial charge in [-0.05, 0) is 31.0 Å². The summed E-state index contributed by atoms with van der Waals surface area (Å²) in [5, 5.41) is 40.2. The normalized spacial score (nSPS) is 9.77. The lowest BCUT2D eigenvalue weighted by Gasteiger charge is -1.97. The summed E-state index contributed by atoms with van der Waals surface area (Å²) in [5.74, 6) is -1.21. The Balaban J connectivity index is 0.000000289. The van der Waals surface area contributed by atoms with Crippen LogP contribution in [-0.2, 0) is 6.42 Å². The number of nitro groups is 3. The number of rotatable bonds is 5. The summed E-state index contributed by atoms with van der Waals surface area (Å²) in [5.41, 5.74) is -0.487. The van der Waals surface area contributed by atoms with Crippen LogP contribution in [0.5, 0.6) is 5.75 Å². The van der Waals surface area contributed by atoms with Crippen LogP contribution in [0.4, 0.5) is 17.1 Å². The Morgan fingerprint density at radius 3 is 1.92 bits per heavy atom. The predicted molar refractivity (Wildman–Crippen MR) is 91.0 cm³/mol. The highest BCUT2D eigenvalue weighted by Crippen LogP contribution is 2.38. The van der Waals surface area contributed by atoms with Crippen molar-refractivity contribution in [1.82, 2.24) is 4.98 Å². The molecule has 1 heterocycles. The monoisotopic (exact) mass is 364 g/mol. The molecule has 0 bridgehead atoms. The van der Waals surface area contributed by atoms with Gasteiger partial charge in [0.1, 0.15) is 0 Å². The van der Waals surface area contributed by atoms with Crippen LogP contribution in [0.2, 0.25) is 0 Å². The minimum atomic E-state index is -1.21. The second-order valence-electron chi connectivity index (χ2n) is 5.16. The Labute approximate surface area is 147 Å². The number of nitrogens with zero attached hydrogens (tertiary/aromatic N) is 4. The molecule has 0 atom stereocenters. The van der Waals surface area contributed by atoms with E-state index in [-0.39, 0.29) is 0 Å². The Morgan fingerprint density at radius 1 is 1.00 bits per heavy atom. The van der Waals surface area contributed by atoms with E-state index in [2.05, 4.69) is 24.0 Å². The summed E-state index contributed by atoms with van der Waals surface area (Å²) in [6, 6.07) is 5.12. The largest absolute Gasteiger partial charge is 0.497 e. The van der Waals surface area contributed by atoms with E-state index in [4.69, 9.17) is 5.11 Å². The molecule has 0 spiro atoms. The molecule has 0 aliphatic rings. The van der Waals surface area contributed by atoms with Gasteiger partial charge < -0.3 is 5.11 Å². The third-order valence-electron chi connectivity index (χ3n) is 3.16. The minimum Gasteiger partial charge on any atom is -0.497 e. The van der Waals surface area contributed by atoms with Gasteiger partial charge in [-0.1, -0.05) is 13.3 Å². The van der Waals surface area contributed by atoms with Gasteiger partial charge in [-0.25, -0.2) is 0 Å². The lowest BCUT2D eigenvalue weighted by Crippen LogP contribution is -1.97. The summed E-state index contributed by atoms with van der Waals surface area (Å²) >= 11 is 0. The smallest absolute Gasteiger partial charge is 0.324 e. The van der Waals surface area contributed by atoms with E-state index in [9.17, 15) is 30.3 Å². The zero-order valence-electron chi connectivity index (χ0n) is 14.0. The zero-order valence-corrected chi connectivity index (χ0v) is 14.0. The van der Waals surface area contributed by atoms with Crippen LogP contribution in [0.15, 0.2) is 30.5 Å². The third-order valence-corrected chi connectivity index (χ3v) is 3.16. The average molecular weight is 364 g/mol. The maximum atomic E-state index is 10.4. The minimum absolute atomic E-state index is 0.447. The summed E-state index contributed by atoms with van der Waals surface area (Å²) in [6.07, 6.45) is 4.26. The number of hydrogen-bond donors (Lipinski definition) is 1. The van der Waals surface area contributed by atoms with Gasteiger partial charge in [0, 0.05) is 11.9 Å². The summed E-state index contributed by atoms with van der Waals surface area (Å²) in [6.45, 7) is 4.22. The Hall–Kier alpha value is -3.63. The van der Waals surface area contributed by atoms with E-state index in [1.54, 1.807) is 0 Å². The van der Waals surface area contributed by atoms with E-state index in [1.807, 2.05) is 13.1 Å². The van der Waals surface area contributed by atoms with Crippen molar-refractivity contribution in [1.29, 1.82) is 0 Å². The molecule has 11 nitrogen and oxygen atoms in total. The van der Waals surface area contributed by atoms with Crippen molar-refractivity contribution in [3.8, 4) is 5.75 Å². The topological polar surface area (TPSA) is 163 Å². The Kier molecular flexibility index (Phi) is 7.08. The standard InChI is InChI=1S/C9H13N.C6H3N3O7/c1-3-4-9-5-6-10-8(2)7-9;10-6-4(8(13)14)1-3(7(11)12)2-5(6)9(15)16/h5-7H,3-4H2,1-2H3;1-2,10H. The van der Waals surface area contributed by atoms with Crippen molar-refractivity contribution >= 4 is 17.1 Å². The first kappa shape index (κ1) is 20.4. The molecule has 1 aromatic heterocycles. The molecule has 0 fully saturated rings. The molecule has 26 heavy (non-hydrogen) atoms. The van der Waals surface area contributed by atoms with Crippen molar-refractivity contribution in [3.63, 3.8) is 0 Å². The van der Waals surface area contributed by atoms with Crippen molar-refractivity contribution in [2.24, 2.45) is 0 Å². The molecular formula is C15H16N4O7. The number of phenolic OH excluding ortho intramolecular Hbond substituents is 1. The molecular weight excluding hydrogens is 348 g/mol. The number of aromatic nitrogens is 1. The lowest BCUT2D eigenvalue weighted by molar-refractivity contribution is -0.404. The van der Waals surface area contributed by atoms with Crippen LogP contribution < -0.4 is 0 Å². The van der Waals surface area contributed by atoms with Gasteiger partial charge in [-0.15, -0.1) is 0 Å². The van der Waals surface area contributed by atoms with Crippen molar-refractivity contribution in [2.45, 2.75) is 26.7 Å². The predicted octanol–water partition coefficient (Wildman–Crippen LogP) is 3.46. The fraction of sp³-hybridized carbons (Fsp3) is 0.267. The molecule has 2 rings (SSSR count). The second kappa shape index (κ2) is 9.01. The number of non-ortho nitro benzene ring substituents is 1. The van der Waals surface area contributed by atoms with Gasteiger partial charge in [-0.2, -0.15) is 0 Å². The first-order valence-corrected chi connectivity index (χ1v) is 7.39. The molecule has 0 amide bonds. The van der Waals surface area contributed by atoms with Crippen LogP contribution >= 0.6 is 0 Å². The van der Waals surface area contributed by atoms with Crippen molar-refractivity contribution < 1.29 is 19.9 Å². The average Bonchev–Trinajstić information content (AvgIpc) is 2.55. The first-order chi connectivity index (χ1) is 12.2. The molecule has 11 heteroatoms. The van der Waals surface area contributed by atoms with Crippen LogP contribution in [0, 0.1) is 37.3 Å². The number of aromatic hydroxyl groups is 1. The zero-order chi connectivity index (χ0) is 19.9. The van der Waals surface area contributed by atoms with E-state index >= 15 is 0 Å². The van der Waals surface area contributed by atoms with Gasteiger partial charge >= 0.3 is 11.4 Å². The van der Waals surface area contributed by atoms with Crippen LogP contribution in [0.3, 0.4) is 0 Å². The fourth-order valence-corrected chi connectivity index (χ4v) is 2.02. The van der Waals surface area contributed by atoms with E-state index in [0.717, 1.165) is 5.69 Å². The number of phenols is 1. The van der Waals surface area contributed by atoms with Crippen LogP contribution in [0.1, 0.15) is 24.6 Å². The van der Waals surface area contributed by atoms with E-state index in [1.165, 1.54) is 18.4 Å². The molecule has 1 aromatic carbocycles. The lowest BCUT2D eigenvalue weighted by atomic mass is 10.1.